The number of hydrogen-bond donors (Lipinski definition) is 1. The molecule has 0 spiro atoms. The quantitative estimate of drug-likeness (QED) is 0.907. The third-order valence-electron chi connectivity index (χ3n) is 2.40. The molecule has 0 bridgehead atoms. The number of carboxylic acids is 1. The molecule has 0 aliphatic carbocycles. The highest BCUT2D eigenvalue weighted by Crippen LogP contribution is 2.24. The number of fused-ring (bicyclic) bond motifs is 1. The maximum Gasteiger partial charge on any atom is 0.316 e. The third-order valence-corrected chi connectivity index (χ3v) is 4.74. The van der Waals surface area contributed by atoms with E-state index < -0.39 is 5.97 Å². The van der Waals surface area contributed by atoms with Crippen molar-refractivity contribution in [3.63, 3.8) is 0 Å². The largest absolute Gasteiger partial charge is 0.480 e. The first-order chi connectivity index (χ1) is 8.08. The molecule has 2 aromatic heterocycles. The van der Waals surface area contributed by atoms with E-state index in [1.54, 1.807) is 11.3 Å². The van der Waals surface area contributed by atoms with E-state index in [-0.39, 0.29) is 11.2 Å². The molecule has 17 heavy (non-hydrogen) atoms. The van der Waals surface area contributed by atoms with Crippen LogP contribution in [0.3, 0.4) is 0 Å². The fourth-order valence-electron chi connectivity index (χ4n) is 1.57. The highest BCUT2D eigenvalue weighted by molar-refractivity contribution is 7.99. The van der Waals surface area contributed by atoms with Gasteiger partial charge in [0, 0.05) is 23.5 Å². The van der Waals surface area contributed by atoms with Crippen molar-refractivity contribution < 1.29 is 9.90 Å². The van der Waals surface area contributed by atoms with E-state index in [0.29, 0.717) is 5.75 Å². The number of rotatable bonds is 5. The van der Waals surface area contributed by atoms with Crippen molar-refractivity contribution in [1.29, 1.82) is 0 Å². The van der Waals surface area contributed by atoms with E-state index in [2.05, 4.69) is 4.98 Å². The van der Waals surface area contributed by atoms with E-state index in [1.165, 1.54) is 11.8 Å². The lowest BCUT2D eigenvalue weighted by molar-refractivity contribution is -0.137. The molecule has 4 nitrogen and oxygen atoms in total. The van der Waals surface area contributed by atoms with Crippen molar-refractivity contribution in [3.05, 3.63) is 23.5 Å². The maximum atomic E-state index is 11.0. The van der Waals surface area contributed by atoms with Gasteiger partial charge in [0.15, 0.2) is 4.96 Å². The van der Waals surface area contributed by atoms with E-state index in [0.717, 1.165) is 10.7 Å². The molecule has 1 atom stereocenters. The van der Waals surface area contributed by atoms with Crippen LogP contribution >= 0.6 is 23.1 Å². The molecule has 2 heterocycles. The molecule has 0 aliphatic rings. The third kappa shape index (κ3) is 2.81. The summed E-state index contributed by atoms with van der Waals surface area (Å²) >= 11 is 3.02. The molecule has 0 amide bonds. The van der Waals surface area contributed by atoms with Crippen molar-refractivity contribution in [2.24, 2.45) is 5.92 Å². The van der Waals surface area contributed by atoms with Crippen LogP contribution in [-0.2, 0) is 10.5 Å². The van der Waals surface area contributed by atoms with Crippen molar-refractivity contribution in [1.82, 2.24) is 9.38 Å². The number of thioether (sulfide) groups is 1. The van der Waals surface area contributed by atoms with Crippen LogP contribution in [0.1, 0.15) is 19.5 Å². The Morgan fingerprint density at radius 3 is 3.00 bits per heavy atom. The van der Waals surface area contributed by atoms with Gasteiger partial charge in [-0.25, -0.2) is 4.98 Å². The highest BCUT2D eigenvalue weighted by atomic mass is 32.2. The van der Waals surface area contributed by atoms with Gasteiger partial charge in [-0.3, -0.25) is 9.20 Å². The summed E-state index contributed by atoms with van der Waals surface area (Å²) in [5.74, 6) is 0.0241. The van der Waals surface area contributed by atoms with Crippen LogP contribution in [0.4, 0.5) is 0 Å². The zero-order valence-corrected chi connectivity index (χ0v) is 11.3. The van der Waals surface area contributed by atoms with Gasteiger partial charge in [0.25, 0.3) is 0 Å². The lowest BCUT2D eigenvalue weighted by atomic mass is 10.1. The summed E-state index contributed by atoms with van der Waals surface area (Å²) in [4.78, 5) is 16.4. The van der Waals surface area contributed by atoms with Gasteiger partial charge in [-0.1, -0.05) is 13.8 Å². The minimum atomic E-state index is -0.744. The molecule has 1 unspecified atom stereocenters. The van der Waals surface area contributed by atoms with Gasteiger partial charge < -0.3 is 5.11 Å². The molecule has 92 valence electrons. The highest BCUT2D eigenvalue weighted by Gasteiger charge is 2.22. The summed E-state index contributed by atoms with van der Waals surface area (Å²) in [6.07, 6.45) is 3.91. The fraction of sp³-hybridized carbons (Fsp3) is 0.455. The lowest BCUT2D eigenvalue weighted by Gasteiger charge is -2.14. The molecular weight excluding hydrogens is 256 g/mol. The van der Waals surface area contributed by atoms with Crippen molar-refractivity contribution in [3.8, 4) is 0 Å². The molecule has 0 fully saturated rings. The zero-order valence-electron chi connectivity index (χ0n) is 9.66. The van der Waals surface area contributed by atoms with Gasteiger partial charge >= 0.3 is 5.97 Å². The summed E-state index contributed by atoms with van der Waals surface area (Å²) in [6.45, 7) is 3.86. The Kier molecular flexibility index (Phi) is 3.73. The molecule has 0 aromatic carbocycles. The Morgan fingerprint density at radius 1 is 1.65 bits per heavy atom. The van der Waals surface area contributed by atoms with Crippen LogP contribution in [0.15, 0.2) is 17.8 Å². The van der Waals surface area contributed by atoms with Crippen molar-refractivity contribution in [2.45, 2.75) is 24.9 Å². The monoisotopic (exact) mass is 270 g/mol. The second-order valence-corrected chi connectivity index (χ2v) is 6.14. The van der Waals surface area contributed by atoms with Gasteiger partial charge in [0.1, 0.15) is 5.25 Å². The predicted octanol–water partition coefficient (Wildman–Crippen LogP) is 2.74. The van der Waals surface area contributed by atoms with Gasteiger partial charge in [0.05, 0.1) is 5.69 Å². The molecular formula is C11H14N2O2S2. The van der Waals surface area contributed by atoms with Crippen molar-refractivity contribution in [2.75, 3.05) is 0 Å². The number of imidazole rings is 1. The molecule has 6 heteroatoms. The average molecular weight is 270 g/mol. The number of nitrogens with zero attached hydrogens (tertiary/aromatic N) is 2. The molecule has 1 N–H and O–H groups in total. The van der Waals surface area contributed by atoms with Crippen LogP contribution in [0.2, 0.25) is 0 Å². The topological polar surface area (TPSA) is 54.6 Å². The van der Waals surface area contributed by atoms with Gasteiger partial charge in [-0.15, -0.1) is 23.1 Å². The summed E-state index contributed by atoms with van der Waals surface area (Å²) in [5.41, 5.74) is 0.939. The summed E-state index contributed by atoms with van der Waals surface area (Å²) in [5, 5.41) is 10.7. The Balaban J connectivity index is 2.01. The Bertz CT molecular complexity index is 490. The van der Waals surface area contributed by atoms with Gasteiger partial charge in [-0.2, -0.15) is 0 Å². The Hall–Kier alpha value is -1.01. The van der Waals surface area contributed by atoms with E-state index in [9.17, 15) is 4.79 Å². The lowest BCUT2D eigenvalue weighted by Crippen LogP contribution is -2.22. The second-order valence-electron chi connectivity index (χ2n) is 4.14. The normalized spacial score (nSPS) is 13.4. The summed E-state index contributed by atoms with van der Waals surface area (Å²) in [6, 6.07) is 0. The van der Waals surface area contributed by atoms with Crippen LogP contribution < -0.4 is 0 Å². The first-order valence-corrected chi connectivity index (χ1v) is 7.26. The second kappa shape index (κ2) is 5.10. The Labute approximate surface area is 108 Å². The van der Waals surface area contributed by atoms with Crippen LogP contribution in [0.25, 0.3) is 4.96 Å². The minimum Gasteiger partial charge on any atom is -0.480 e. The number of aliphatic carboxylic acids is 1. The minimum absolute atomic E-state index is 0.126. The number of thiazole rings is 1. The van der Waals surface area contributed by atoms with E-state index in [4.69, 9.17) is 5.11 Å². The van der Waals surface area contributed by atoms with Crippen LogP contribution in [-0.4, -0.2) is 25.7 Å². The first-order valence-electron chi connectivity index (χ1n) is 5.33. The van der Waals surface area contributed by atoms with Crippen LogP contribution in [0, 0.1) is 5.92 Å². The molecule has 0 saturated heterocycles. The molecule has 2 aromatic rings. The maximum absolute atomic E-state index is 11.0. The smallest absolute Gasteiger partial charge is 0.316 e. The fourth-order valence-corrected chi connectivity index (χ4v) is 3.31. The number of carbonyl (C=O) groups is 1. The Morgan fingerprint density at radius 2 is 2.41 bits per heavy atom. The van der Waals surface area contributed by atoms with E-state index >= 15 is 0 Å². The average Bonchev–Trinajstić information content (AvgIpc) is 2.76. The van der Waals surface area contributed by atoms with Crippen LogP contribution in [0.5, 0.6) is 0 Å². The molecule has 0 radical (unpaired) electrons. The summed E-state index contributed by atoms with van der Waals surface area (Å²) in [7, 11) is 0. The molecule has 2 rings (SSSR count). The van der Waals surface area contributed by atoms with E-state index in [1.807, 2.05) is 36.0 Å². The summed E-state index contributed by atoms with van der Waals surface area (Å²) < 4.78 is 1.96. The number of carboxylic acid groups (broad SMARTS) is 1. The SMILES string of the molecule is CC(C)C(SCc1cn2ccsc2n1)C(=O)O. The number of aromatic nitrogens is 2. The van der Waals surface area contributed by atoms with Gasteiger partial charge in [-0.05, 0) is 5.92 Å². The first kappa shape index (κ1) is 12.4. The van der Waals surface area contributed by atoms with Crippen molar-refractivity contribution >= 4 is 34.0 Å². The molecule has 0 saturated carbocycles. The molecule has 0 aliphatic heterocycles. The zero-order chi connectivity index (χ0) is 12.4. The van der Waals surface area contributed by atoms with Gasteiger partial charge in [0.2, 0.25) is 0 Å². The predicted molar refractivity (Wildman–Crippen MR) is 70.6 cm³/mol. The standard InChI is InChI=1S/C11H14N2O2S2/c1-7(2)9(10(14)15)17-6-8-5-13-3-4-16-11(13)12-8/h3-5,7,9H,6H2,1-2H3,(H,14,15). The number of hydrogen-bond acceptors (Lipinski definition) is 4.